The molecule has 1 aromatic rings. The third kappa shape index (κ3) is 2.79. The van der Waals surface area contributed by atoms with Crippen LogP contribution in [0.5, 0.6) is 0 Å². The van der Waals surface area contributed by atoms with Crippen LogP contribution < -0.4 is 0 Å². The van der Waals surface area contributed by atoms with Crippen molar-refractivity contribution in [3.8, 4) is 0 Å². The van der Waals surface area contributed by atoms with Gasteiger partial charge in [-0.05, 0) is 41.8 Å². The highest BCUT2D eigenvalue weighted by atomic mass is 32.1. The molecule has 0 amide bonds. The SMILES string of the molecule is O=C(O)[C@@H]1CCCN(Cc2ccsc2)C1. The number of hydrogen-bond acceptors (Lipinski definition) is 3. The molecule has 82 valence electrons. The van der Waals surface area contributed by atoms with Gasteiger partial charge in [0.05, 0.1) is 5.92 Å². The molecule has 0 unspecified atom stereocenters. The van der Waals surface area contributed by atoms with Gasteiger partial charge in [0.1, 0.15) is 0 Å². The number of carboxylic acids is 1. The third-order valence-corrected chi connectivity index (χ3v) is 3.57. The summed E-state index contributed by atoms with van der Waals surface area (Å²) in [7, 11) is 0. The first-order chi connectivity index (χ1) is 7.25. The average molecular weight is 225 g/mol. The molecule has 0 aliphatic carbocycles. The first-order valence-electron chi connectivity index (χ1n) is 5.22. The Hall–Kier alpha value is -0.870. The number of rotatable bonds is 3. The van der Waals surface area contributed by atoms with Crippen LogP contribution >= 0.6 is 11.3 Å². The van der Waals surface area contributed by atoms with Gasteiger partial charge >= 0.3 is 5.97 Å². The van der Waals surface area contributed by atoms with Crippen LogP contribution in [0.2, 0.25) is 0 Å². The van der Waals surface area contributed by atoms with Crippen molar-refractivity contribution in [2.45, 2.75) is 19.4 Å². The Labute approximate surface area is 93.3 Å². The van der Waals surface area contributed by atoms with Crippen LogP contribution in [0.4, 0.5) is 0 Å². The van der Waals surface area contributed by atoms with Crippen molar-refractivity contribution in [1.82, 2.24) is 4.90 Å². The number of thiophene rings is 1. The van der Waals surface area contributed by atoms with Gasteiger partial charge in [-0.15, -0.1) is 0 Å². The van der Waals surface area contributed by atoms with Gasteiger partial charge in [-0.25, -0.2) is 0 Å². The van der Waals surface area contributed by atoms with Crippen LogP contribution in [0.1, 0.15) is 18.4 Å². The van der Waals surface area contributed by atoms with E-state index in [1.54, 1.807) is 11.3 Å². The molecular formula is C11H15NO2S. The molecule has 2 rings (SSSR count). The number of carboxylic acid groups (broad SMARTS) is 1. The van der Waals surface area contributed by atoms with E-state index in [2.05, 4.69) is 21.7 Å². The van der Waals surface area contributed by atoms with Gasteiger partial charge in [0.15, 0.2) is 0 Å². The van der Waals surface area contributed by atoms with Gasteiger partial charge in [0.2, 0.25) is 0 Å². The molecule has 4 heteroatoms. The van der Waals surface area contributed by atoms with Crippen LogP contribution in [-0.2, 0) is 11.3 Å². The fourth-order valence-electron chi connectivity index (χ4n) is 2.04. The fourth-order valence-corrected chi connectivity index (χ4v) is 2.70. The lowest BCUT2D eigenvalue weighted by Gasteiger charge is -2.30. The Morgan fingerprint density at radius 2 is 2.53 bits per heavy atom. The van der Waals surface area contributed by atoms with E-state index in [0.29, 0.717) is 6.54 Å². The fraction of sp³-hybridized carbons (Fsp3) is 0.545. The highest BCUT2D eigenvalue weighted by Crippen LogP contribution is 2.19. The first-order valence-corrected chi connectivity index (χ1v) is 6.16. The van der Waals surface area contributed by atoms with Gasteiger partial charge in [-0.3, -0.25) is 9.69 Å². The predicted octanol–water partition coefficient (Wildman–Crippen LogP) is 2.04. The quantitative estimate of drug-likeness (QED) is 0.856. The lowest BCUT2D eigenvalue weighted by molar-refractivity contribution is -0.143. The van der Waals surface area contributed by atoms with Crippen molar-refractivity contribution < 1.29 is 9.90 Å². The molecular weight excluding hydrogens is 210 g/mol. The molecule has 15 heavy (non-hydrogen) atoms. The maximum atomic E-state index is 10.9. The molecule has 0 spiro atoms. The van der Waals surface area contributed by atoms with Gasteiger partial charge in [0.25, 0.3) is 0 Å². The summed E-state index contributed by atoms with van der Waals surface area (Å²) in [6.45, 7) is 2.62. The van der Waals surface area contributed by atoms with Crippen LogP contribution in [0.3, 0.4) is 0 Å². The van der Waals surface area contributed by atoms with Crippen molar-refractivity contribution in [1.29, 1.82) is 0 Å². The summed E-state index contributed by atoms with van der Waals surface area (Å²) in [5.41, 5.74) is 1.30. The molecule has 0 aromatic carbocycles. The van der Waals surface area contributed by atoms with E-state index in [0.717, 1.165) is 25.9 Å². The van der Waals surface area contributed by atoms with Crippen LogP contribution in [0.15, 0.2) is 16.8 Å². The molecule has 0 bridgehead atoms. The van der Waals surface area contributed by atoms with E-state index in [4.69, 9.17) is 5.11 Å². The van der Waals surface area contributed by atoms with E-state index in [-0.39, 0.29) is 5.92 Å². The Kier molecular flexibility index (Phi) is 3.38. The van der Waals surface area contributed by atoms with Crippen molar-refractivity contribution in [2.75, 3.05) is 13.1 Å². The van der Waals surface area contributed by atoms with E-state index in [1.165, 1.54) is 5.56 Å². The summed E-state index contributed by atoms with van der Waals surface area (Å²) in [4.78, 5) is 13.1. The van der Waals surface area contributed by atoms with Crippen molar-refractivity contribution in [3.05, 3.63) is 22.4 Å². The number of aliphatic carboxylic acids is 1. The van der Waals surface area contributed by atoms with Gasteiger partial charge in [-0.1, -0.05) is 0 Å². The summed E-state index contributed by atoms with van der Waals surface area (Å²) in [6, 6.07) is 2.11. The Balaban J connectivity index is 1.90. The molecule has 0 radical (unpaired) electrons. The third-order valence-electron chi connectivity index (χ3n) is 2.84. The monoisotopic (exact) mass is 225 g/mol. The molecule has 1 aromatic heterocycles. The number of likely N-dealkylation sites (tertiary alicyclic amines) is 1. The number of piperidine rings is 1. The van der Waals surface area contributed by atoms with Crippen LogP contribution in [0, 0.1) is 5.92 Å². The summed E-state index contributed by atoms with van der Waals surface area (Å²) in [5.74, 6) is -0.817. The topological polar surface area (TPSA) is 40.5 Å². The summed E-state index contributed by atoms with van der Waals surface area (Å²) < 4.78 is 0. The minimum absolute atomic E-state index is 0.169. The smallest absolute Gasteiger partial charge is 0.307 e. The summed E-state index contributed by atoms with van der Waals surface area (Å²) >= 11 is 1.69. The van der Waals surface area contributed by atoms with Crippen molar-refractivity contribution in [3.63, 3.8) is 0 Å². The minimum atomic E-state index is -0.648. The number of nitrogens with zero attached hydrogens (tertiary/aromatic N) is 1. The van der Waals surface area contributed by atoms with Crippen molar-refractivity contribution >= 4 is 17.3 Å². The normalized spacial score (nSPS) is 22.8. The Bertz CT molecular complexity index is 323. The summed E-state index contributed by atoms with van der Waals surface area (Å²) in [5, 5.41) is 13.2. The molecule has 1 aliphatic rings. The second-order valence-electron chi connectivity index (χ2n) is 4.04. The second-order valence-corrected chi connectivity index (χ2v) is 4.82. The second kappa shape index (κ2) is 4.77. The largest absolute Gasteiger partial charge is 0.481 e. The lowest BCUT2D eigenvalue weighted by atomic mass is 9.98. The van der Waals surface area contributed by atoms with Gasteiger partial charge in [-0.2, -0.15) is 11.3 Å². The molecule has 1 saturated heterocycles. The number of carbonyl (C=O) groups is 1. The molecule has 2 heterocycles. The van der Waals surface area contributed by atoms with E-state index in [1.807, 2.05) is 0 Å². The molecule has 1 atom stereocenters. The Morgan fingerprint density at radius 3 is 3.20 bits per heavy atom. The van der Waals surface area contributed by atoms with Gasteiger partial charge < -0.3 is 5.11 Å². The molecule has 1 aliphatic heterocycles. The van der Waals surface area contributed by atoms with Crippen molar-refractivity contribution in [2.24, 2.45) is 5.92 Å². The maximum absolute atomic E-state index is 10.9. The zero-order valence-corrected chi connectivity index (χ0v) is 9.37. The van der Waals surface area contributed by atoms with Crippen LogP contribution in [0.25, 0.3) is 0 Å². The highest BCUT2D eigenvalue weighted by Gasteiger charge is 2.25. The highest BCUT2D eigenvalue weighted by molar-refractivity contribution is 7.07. The lowest BCUT2D eigenvalue weighted by Crippen LogP contribution is -2.38. The van der Waals surface area contributed by atoms with E-state index >= 15 is 0 Å². The van der Waals surface area contributed by atoms with E-state index in [9.17, 15) is 4.79 Å². The molecule has 1 fully saturated rings. The first kappa shape index (κ1) is 10.6. The zero-order valence-electron chi connectivity index (χ0n) is 8.56. The van der Waals surface area contributed by atoms with E-state index < -0.39 is 5.97 Å². The standard InChI is InChI=1S/C11H15NO2S/c13-11(14)10-2-1-4-12(7-10)6-9-3-5-15-8-9/h3,5,8,10H,1-2,4,6-7H2,(H,13,14)/t10-/m1/s1. The molecule has 3 nitrogen and oxygen atoms in total. The van der Waals surface area contributed by atoms with Gasteiger partial charge in [0, 0.05) is 13.1 Å². The average Bonchev–Trinajstić information content (AvgIpc) is 2.71. The Morgan fingerprint density at radius 1 is 1.67 bits per heavy atom. The number of hydrogen-bond donors (Lipinski definition) is 1. The molecule has 0 saturated carbocycles. The predicted molar refractivity (Wildman–Crippen MR) is 60.0 cm³/mol. The maximum Gasteiger partial charge on any atom is 0.307 e. The zero-order chi connectivity index (χ0) is 10.7. The summed E-state index contributed by atoms with van der Waals surface area (Å²) in [6.07, 6.45) is 1.83. The molecule has 1 N–H and O–H groups in total. The minimum Gasteiger partial charge on any atom is -0.481 e. The van der Waals surface area contributed by atoms with Crippen LogP contribution in [-0.4, -0.2) is 29.1 Å².